The number of thioether (sulfide) groups is 1. The van der Waals surface area contributed by atoms with Gasteiger partial charge < -0.3 is 15.3 Å². The van der Waals surface area contributed by atoms with E-state index < -0.39 is 12.2 Å². The molecule has 2 atom stereocenters. The summed E-state index contributed by atoms with van der Waals surface area (Å²) in [6, 6.07) is 3.15. The largest absolute Gasteiger partial charge is 0.506 e. The van der Waals surface area contributed by atoms with Crippen LogP contribution in [0.1, 0.15) is 18.6 Å². The number of aromatic hydroxyl groups is 1. The van der Waals surface area contributed by atoms with Gasteiger partial charge in [-0.1, -0.05) is 27.7 Å². The number of phenols is 1. The number of carbonyl (C=O) groups is 1. The van der Waals surface area contributed by atoms with Crippen molar-refractivity contribution in [2.75, 3.05) is 5.75 Å². The van der Waals surface area contributed by atoms with Gasteiger partial charge in [0.15, 0.2) is 5.12 Å². The van der Waals surface area contributed by atoms with E-state index in [9.17, 15) is 20.1 Å². The third-order valence-corrected chi connectivity index (χ3v) is 4.18. The lowest BCUT2D eigenvalue weighted by Gasteiger charge is -2.19. The van der Waals surface area contributed by atoms with Gasteiger partial charge in [0, 0.05) is 22.7 Å². The van der Waals surface area contributed by atoms with Crippen LogP contribution in [-0.4, -0.2) is 32.3 Å². The Balaban J connectivity index is 2.89. The predicted molar refractivity (Wildman–Crippen MR) is 77.6 cm³/mol. The highest BCUT2D eigenvalue weighted by atomic mass is 79.9. The Hall–Kier alpha value is -0.0800. The van der Waals surface area contributed by atoms with Crippen molar-refractivity contribution < 1.29 is 20.1 Å². The second-order valence-corrected chi connectivity index (χ2v) is 6.61. The second-order valence-electron chi connectivity index (χ2n) is 3.64. The topological polar surface area (TPSA) is 77.8 Å². The molecule has 0 radical (unpaired) electrons. The summed E-state index contributed by atoms with van der Waals surface area (Å²) in [6.07, 6.45) is -2.39. The number of benzene rings is 1. The van der Waals surface area contributed by atoms with Gasteiger partial charge in [-0.15, -0.1) is 0 Å². The highest BCUT2D eigenvalue weighted by Gasteiger charge is 2.23. The fraction of sp³-hybridized carbons (Fsp3) is 0.364. The van der Waals surface area contributed by atoms with Crippen LogP contribution in [0.3, 0.4) is 0 Å². The average Bonchev–Trinajstić information content (AvgIpc) is 2.29. The molecule has 0 aliphatic rings. The Bertz CT molecular complexity index is 453. The fourth-order valence-electron chi connectivity index (χ4n) is 1.31. The first-order valence-electron chi connectivity index (χ1n) is 5.00. The van der Waals surface area contributed by atoms with Crippen LogP contribution in [-0.2, 0) is 4.79 Å². The van der Waals surface area contributed by atoms with Gasteiger partial charge in [0.1, 0.15) is 11.9 Å². The maximum absolute atomic E-state index is 10.8. The van der Waals surface area contributed by atoms with E-state index in [0.717, 1.165) is 11.8 Å². The molecule has 0 bridgehead atoms. The van der Waals surface area contributed by atoms with Crippen LogP contribution in [0.25, 0.3) is 0 Å². The second kappa shape index (κ2) is 6.91. The van der Waals surface area contributed by atoms with E-state index in [4.69, 9.17) is 0 Å². The molecule has 4 nitrogen and oxygen atoms in total. The fourth-order valence-corrected chi connectivity index (χ4v) is 3.16. The molecule has 1 aromatic rings. The third kappa shape index (κ3) is 4.24. The summed E-state index contributed by atoms with van der Waals surface area (Å²) in [7, 11) is 0. The van der Waals surface area contributed by atoms with Crippen molar-refractivity contribution in [3.63, 3.8) is 0 Å². The van der Waals surface area contributed by atoms with Gasteiger partial charge in [-0.25, -0.2) is 0 Å². The molecule has 0 aliphatic carbocycles. The number of hydrogen-bond acceptors (Lipinski definition) is 5. The van der Waals surface area contributed by atoms with E-state index in [0.29, 0.717) is 8.95 Å². The lowest BCUT2D eigenvalue weighted by atomic mass is 10.0. The van der Waals surface area contributed by atoms with Crippen LogP contribution in [0.2, 0.25) is 0 Å². The standard InChI is InChI=1S/C11H12Br2O4S/c1-5(14)18-4-9(15)11(17)7-2-6(12)3-8(13)10(7)16/h2-3,9,11,15-17H,4H2,1H3. The first-order chi connectivity index (χ1) is 8.32. The number of carbonyl (C=O) groups excluding carboxylic acids is 1. The molecule has 7 heteroatoms. The maximum atomic E-state index is 10.8. The Morgan fingerprint density at radius 2 is 2.00 bits per heavy atom. The van der Waals surface area contributed by atoms with Crippen molar-refractivity contribution in [3.8, 4) is 5.75 Å². The average molecular weight is 400 g/mol. The predicted octanol–water partition coefficient (Wildman–Crippen LogP) is 2.59. The lowest BCUT2D eigenvalue weighted by molar-refractivity contribution is -0.109. The zero-order chi connectivity index (χ0) is 13.9. The molecule has 18 heavy (non-hydrogen) atoms. The molecule has 0 fully saturated rings. The zero-order valence-electron chi connectivity index (χ0n) is 9.43. The van der Waals surface area contributed by atoms with Crippen molar-refractivity contribution in [1.82, 2.24) is 0 Å². The summed E-state index contributed by atoms with van der Waals surface area (Å²) in [6.45, 7) is 1.39. The number of aliphatic hydroxyl groups is 2. The Kier molecular flexibility index (Phi) is 6.13. The first kappa shape index (κ1) is 16.0. The van der Waals surface area contributed by atoms with Crippen LogP contribution in [0.5, 0.6) is 5.75 Å². The van der Waals surface area contributed by atoms with E-state index >= 15 is 0 Å². The molecule has 0 heterocycles. The summed E-state index contributed by atoms with van der Waals surface area (Å²) < 4.78 is 1.07. The van der Waals surface area contributed by atoms with E-state index in [2.05, 4.69) is 31.9 Å². The van der Waals surface area contributed by atoms with Crippen LogP contribution in [0, 0.1) is 0 Å². The van der Waals surface area contributed by atoms with E-state index in [-0.39, 0.29) is 22.2 Å². The summed E-state index contributed by atoms with van der Waals surface area (Å²) in [4.78, 5) is 10.8. The van der Waals surface area contributed by atoms with Crippen molar-refractivity contribution in [3.05, 3.63) is 26.6 Å². The van der Waals surface area contributed by atoms with Gasteiger partial charge in [-0.3, -0.25) is 4.79 Å². The summed E-state index contributed by atoms with van der Waals surface area (Å²) in [5.41, 5.74) is 0.202. The van der Waals surface area contributed by atoms with E-state index in [1.54, 1.807) is 6.07 Å². The van der Waals surface area contributed by atoms with Gasteiger partial charge in [0.05, 0.1) is 10.6 Å². The van der Waals surface area contributed by atoms with Crippen LogP contribution in [0.4, 0.5) is 0 Å². The number of rotatable bonds is 4. The third-order valence-electron chi connectivity index (χ3n) is 2.20. The van der Waals surface area contributed by atoms with Gasteiger partial charge in [-0.05, 0) is 28.1 Å². The molecule has 0 saturated carbocycles. The highest BCUT2D eigenvalue weighted by molar-refractivity contribution is 9.11. The van der Waals surface area contributed by atoms with Crippen molar-refractivity contribution >= 4 is 48.7 Å². The minimum Gasteiger partial charge on any atom is -0.506 e. The summed E-state index contributed by atoms with van der Waals surface area (Å²) >= 11 is 7.30. The Morgan fingerprint density at radius 1 is 1.39 bits per heavy atom. The van der Waals surface area contributed by atoms with Gasteiger partial charge >= 0.3 is 0 Å². The normalized spacial score (nSPS) is 14.3. The summed E-state index contributed by atoms with van der Waals surface area (Å²) in [5.74, 6) is -0.0577. The minimum atomic E-state index is -1.26. The van der Waals surface area contributed by atoms with Crippen molar-refractivity contribution in [1.29, 1.82) is 0 Å². The molecule has 0 aromatic heterocycles. The Labute approximate surface area is 126 Å². The molecule has 100 valence electrons. The molecule has 1 aromatic carbocycles. The molecular weight excluding hydrogens is 388 g/mol. The summed E-state index contributed by atoms with van der Waals surface area (Å²) in [5, 5.41) is 29.4. The molecule has 0 aliphatic heterocycles. The lowest BCUT2D eigenvalue weighted by Crippen LogP contribution is -2.21. The van der Waals surface area contributed by atoms with Crippen molar-refractivity contribution in [2.24, 2.45) is 0 Å². The number of phenolic OH excluding ortho intramolecular Hbond substituents is 1. The quantitative estimate of drug-likeness (QED) is 0.725. The minimum absolute atomic E-state index is 0.0695. The molecule has 0 spiro atoms. The molecular formula is C11H12Br2O4S. The number of halogens is 2. The van der Waals surface area contributed by atoms with E-state index in [1.807, 2.05) is 0 Å². The van der Waals surface area contributed by atoms with Gasteiger partial charge in [0.25, 0.3) is 0 Å². The SMILES string of the molecule is CC(=O)SCC(O)C(O)c1cc(Br)cc(Br)c1O. The Morgan fingerprint density at radius 3 is 2.56 bits per heavy atom. The molecule has 2 unspecified atom stereocenters. The molecule has 0 amide bonds. The maximum Gasteiger partial charge on any atom is 0.185 e. The van der Waals surface area contributed by atoms with Crippen LogP contribution < -0.4 is 0 Å². The van der Waals surface area contributed by atoms with Gasteiger partial charge in [-0.2, -0.15) is 0 Å². The number of aliphatic hydroxyl groups excluding tert-OH is 2. The molecule has 1 rings (SSSR count). The van der Waals surface area contributed by atoms with E-state index in [1.165, 1.54) is 13.0 Å². The molecule has 0 saturated heterocycles. The molecule has 3 N–H and O–H groups in total. The van der Waals surface area contributed by atoms with Crippen LogP contribution in [0.15, 0.2) is 21.1 Å². The smallest absolute Gasteiger partial charge is 0.185 e. The highest BCUT2D eigenvalue weighted by Crippen LogP contribution is 2.36. The zero-order valence-corrected chi connectivity index (χ0v) is 13.4. The first-order valence-corrected chi connectivity index (χ1v) is 7.57. The number of hydrogen-bond donors (Lipinski definition) is 3. The van der Waals surface area contributed by atoms with Crippen molar-refractivity contribution in [2.45, 2.75) is 19.1 Å². The monoisotopic (exact) mass is 398 g/mol. The van der Waals surface area contributed by atoms with Gasteiger partial charge in [0.2, 0.25) is 0 Å². The van der Waals surface area contributed by atoms with Crippen LogP contribution >= 0.6 is 43.6 Å².